The molecule has 0 N–H and O–H groups in total. The molecule has 1 aromatic carbocycles. The lowest BCUT2D eigenvalue weighted by atomic mass is 9.99. The summed E-state index contributed by atoms with van der Waals surface area (Å²) in [6.45, 7) is 3.87. The SMILES string of the molecule is Cc1csc(SCC2CCN(C(=O)CCSc3ccccc3)CC2)n1. The molecule has 6 heteroatoms. The van der Waals surface area contributed by atoms with Gasteiger partial charge in [0, 0.05) is 47.0 Å². The molecule has 3 nitrogen and oxygen atoms in total. The van der Waals surface area contributed by atoms with Gasteiger partial charge in [0.25, 0.3) is 0 Å². The second-order valence-electron chi connectivity index (χ2n) is 6.30. The third kappa shape index (κ3) is 6.04. The standard InChI is InChI=1S/C19H24N2OS3/c1-15-13-24-19(20-15)25-14-16-7-10-21(11-8-16)18(22)9-12-23-17-5-3-2-4-6-17/h2-6,13,16H,7-12,14H2,1H3. The molecule has 3 rings (SSSR count). The smallest absolute Gasteiger partial charge is 0.223 e. The minimum Gasteiger partial charge on any atom is -0.343 e. The van der Waals surface area contributed by atoms with E-state index in [4.69, 9.17) is 0 Å². The summed E-state index contributed by atoms with van der Waals surface area (Å²) in [6.07, 6.45) is 2.88. The molecule has 0 bridgehead atoms. The largest absolute Gasteiger partial charge is 0.343 e. The molecule has 1 saturated heterocycles. The summed E-state index contributed by atoms with van der Waals surface area (Å²) in [7, 11) is 0. The highest BCUT2D eigenvalue weighted by Gasteiger charge is 2.22. The van der Waals surface area contributed by atoms with Gasteiger partial charge in [0.05, 0.1) is 0 Å². The average Bonchev–Trinajstić information content (AvgIpc) is 3.06. The number of nitrogens with zero attached hydrogens (tertiary/aromatic N) is 2. The zero-order chi connectivity index (χ0) is 17.5. The maximum Gasteiger partial charge on any atom is 0.223 e. The Morgan fingerprint density at radius 2 is 2.00 bits per heavy atom. The first kappa shape index (κ1) is 18.8. The maximum atomic E-state index is 12.4. The van der Waals surface area contributed by atoms with Gasteiger partial charge in [-0.05, 0) is 37.8 Å². The van der Waals surface area contributed by atoms with Crippen LogP contribution in [0, 0.1) is 12.8 Å². The highest BCUT2D eigenvalue weighted by atomic mass is 32.2. The third-order valence-corrected chi connectivity index (χ3v) is 7.72. The van der Waals surface area contributed by atoms with Crippen molar-refractivity contribution in [2.75, 3.05) is 24.6 Å². The molecule has 0 saturated carbocycles. The molecule has 1 aliphatic heterocycles. The Morgan fingerprint density at radius 3 is 2.68 bits per heavy atom. The second kappa shape index (κ2) is 9.64. The van der Waals surface area contributed by atoms with E-state index in [0.29, 0.717) is 18.2 Å². The third-order valence-electron chi connectivity index (χ3n) is 4.34. The van der Waals surface area contributed by atoms with Crippen LogP contribution in [0.25, 0.3) is 0 Å². The molecule has 1 fully saturated rings. The Bertz CT molecular complexity index is 666. The van der Waals surface area contributed by atoms with Gasteiger partial charge >= 0.3 is 0 Å². The van der Waals surface area contributed by atoms with Crippen LogP contribution in [-0.2, 0) is 4.79 Å². The Morgan fingerprint density at radius 1 is 1.24 bits per heavy atom. The van der Waals surface area contributed by atoms with Crippen LogP contribution in [-0.4, -0.2) is 40.4 Å². The molecule has 0 radical (unpaired) electrons. The Balaban J connectivity index is 1.33. The fraction of sp³-hybridized carbons (Fsp3) is 0.474. The van der Waals surface area contributed by atoms with Crippen molar-refractivity contribution in [1.82, 2.24) is 9.88 Å². The molecule has 0 atom stereocenters. The van der Waals surface area contributed by atoms with Crippen molar-refractivity contribution in [3.8, 4) is 0 Å². The lowest BCUT2D eigenvalue weighted by Crippen LogP contribution is -2.39. The van der Waals surface area contributed by atoms with E-state index in [0.717, 1.165) is 43.1 Å². The van der Waals surface area contributed by atoms with Crippen LogP contribution in [0.5, 0.6) is 0 Å². The highest BCUT2D eigenvalue weighted by molar-refractivity contribution is 8.01. The molecule has 2 heterocycles. The van der Waals surface area contributed by atoms with Gasteiger partial charge in [-0.25, -0.2) is 4.98 Å². The van der Waals surface area contributed by atoms with Crippen LogP contribution in [0.4, 0.5) is 0 Å². The first-order valence-corrected chi connectivity index (χ1v) is 11.6. The molecular formula is C19H24N2OS3. The molecule has 0 unspecified atom stereocenters. The molecule has 134 valence electrons. The predicted molar refractivity (Wildman–Crippen MR) is 109 cm³/mol. The number of hydrogen-bond acceptors (Lipinski definition) is 5. The lowest BCUT2D eigenvalue weighted by Gasteiger charge is -2.31. The van der Waals surface area contributed by atoms with Crippen LogP contribution in [0.1, 0.15) is 25.0 Å². The van der Waals surface area contributed by atoms with Gasteiger partial charge in [-0.15, -0.1) is 23.1 Å². The van der Waals surface area contributed by atoms with Crippen LogP contribution >= 0.6 is 34.9 Å². The number of likely N-dealkylation sites (tertiary alicyclic amines) is 1. The summed E-state index contributed by atoms with van der Waals surface area (Å²) in [6, 6.07) is 10.3. The monoisotopic (exact) mass is 392 g/mol. The molecule has 1 aliphatic rings. The number of carbonyl (C=O) groups excluding carboxylic acids is 1. The summed E-state index contributed by atoms with van der Waals surface area (Å²) in [5.41, 5.74) is 1.11. The zero-order valence-corrected chi connectivity index (χ0v) is 17.0. The highest BCUT2D eigenvalue weighted by Crippen LogP contribution is 2.29. The number of hydrogen-bond donors (Lipinski definition) is 0. The van der Waals surface area contributed by atoms with Crippen molar-refractivity contribution in [3.05, 3.63) is 41.4 Å². The van der Waals surface area contributed by atoms with E-state index in [9.17, 15) is 4.79 Å². The fourth-order valence-corrected chi connectivity index (χ4v) is 5.79. The van der Waals surface area contributed by atoms with Gasteiger partial charge in [0.2, 0.25) is 5.91 Å². The predicted octanol–water partition coefficient (Wildman–Crippen LogP) is 4.96. The number of carbonyl (C=O) groups is 1. The summed E-state index contributed by atoms with van der Waals surface area (Å²) in [5.74, 6) is 3.00. The van der Waals surface area contributed by atoms with Crippen molar-refractivity contribution < 1.29 is 4.79 Å². The molecule has 0 aliphatic carbocycles. The second-order valence-corrected chi connectivity index (χ2v) is 9.60. The molecule has 25 heavy (non-hydrogen) atoms. The fourth-order valence-electron chi connectivity index (χ4n) is 2.87. The topological polar surface area (TPSA) is 33.2 Å². The number of thiazole rings is 1. The van der Waals surface area contributed by atoms with Gasteiger partial charge in [-0.1, -0.05) is 30.0 Å². The average molecular weight is 393 g/mol. The van der Waals surface area contributed by atoms with E-state index in [1.807, 2.05) is 36.9 Å². The van der Waals surface area contributed by atoms with Crippen LogP contribution in [0.2, 0.25) is 0 Å². The summed E-state index contributed by atoms with van der Waals surface area (Å²) in [4.78, 5) is 20.2. The van der Waals surface area contributed by atoms with E-state index in [-0.39, 0.29) is 0 Å². The first-order valence-electron chi connectivity index (χ1n) is 8.71. The van der Waals surface area contributed by atoms with E-state index in [1.54, 1.807) is 23.1 Å². The van der Waals surface area contributed by atoms with E-state index in [2.05, 4.69) is 27.4 Å². The molecule has 1 amide bonds. The lowest BCUT2D eigenvalue weighted by molar-refractivity contribution is -0.132. The number of aromatic nitrogens is 1. The molecular weight excluding hydrogens is 368 g/mol. The number of benzene rings is 1. The van der Waals surface area contributed by atoms with Gasteiger partial charge in [-0.2, -0.15) is 0 Å². The van der Waals surface area contributed by atoms with Crippen molar-refractivity contribution >= 4 is 40.8 Å². The van der Waals surface area contributed by atoms with E-state index >= 15 is 0 Å². The van der Waals surface area contributed by atoms with E-state index in [1.165, 1.54) is 9.24 Å². The normalized spacial score (nSPS) is 15.5. The Kier molecular flexibility index (Phi) is 7.25. The van der Waals surface area contributed by atoms with Crippen LogP contribution in [0.15, 0.2) is 44.9 Å². The maximum absolute atomic E-state index is 12.4. The Hall–Kier alpha value is -0.980. The Labute approximate surface area is 162 Å². The zero-order valence-electron chi connectivity index (χ0n) is 14.5. The minimum atomic E-state index is 0.310. The summed E-state index contributed by atoms with van der Waals surface area (Å²) < 4.78 is 1.17. The number of piperidine rings is 1. The van der Waals surface area contributed by atoms with Crippen LogP contribution < -0.4 is 0 Å². The van der Waals surface area contributed by atoms with Crippen LogP contribution in [0.3, 0.4) is 0 Å². The molecule has 2 aromatic rings. The van der Waals surface area contributed by atoms with Gasteiger partial charge in [-0.3, -0.25) is 4.79 Å². The number of rotatable bonds is 7. The van der Waals surface area contributed by atoms with E-state index < -0.39 is 0 Å². The summed E-state index contributed by atoms with van der Waals surface area (Å²) >= 11 is 5.37. The van der Waals surface area contributed by atoms with Gasteiger partial charge in [0.15, 0.2) is 0 Å². The van der Waals surface area contributed by atoms with Crippen molar-refractivity contribution in [1.29, 1.82) is 0 Å². The van der Waals surface area contributed by atoms with Crippen molar-refractivity contribution in [3.63, 3.8) is 0 Å². The summed E-state index contributed by atoms with van der Waals surface area (Å²) in [5, 5.41) is 2.11. The number of thioether (sulfide) groups is 2. The molecule has 0 spiro atoms. The number of amides is 1. The van der Waals surface area contributed by atoms with Gasteiger partial charge in [0.1, 0.15) is 4.34 Å². The van der Waals surface area contributed by atoms with Crippen molar-refractivity contribution in [2.24, 2.45) is 5.92 Å². The van der Waals surface area contributed by atoms with Crippen molar-refractivity contribution in [2.45, 2.75) is 35.4 Å². The molecule has 1 aromatic heterocycles. The quantitative estimate of drug-likeness (QED) is 0.623. The number of aryl methyl sites for hydroxylation is 1. The minimum absolute atomic E-state index is 0.310. The first-order chi connectivity index (χ1) is 12.2. The van der Waals surface area contributed by atoms with Gasteiger partial charge < -0.3 is 4.90 Å².